The predicted molar refractivity (Wildman–Crippen MR) is 77.6 cm³/mol. The van der Waals surface area contributed by atoms with Crippen LogP contribution in [0.4, 0.5) is 0 Å². The first-order valence-corrected chi connectivity index (χ1v) is 7.96. The van der Waals surface area contributed by atoms with Gasteiger partial charge < -0.3 is 5.11 Å². The Morgan fingerprint density at radius 1 is 1.50 bits per heavy atom. The van der Waals surface area contributed by atoms with Crippen LogP contribution in [0.5, 0.6) is 5.75 Å². The lowest BCUT2D eigenvalue weighted by molar-refractivity contribution is 0.328. The van der Waals surface area contributed by atoms with E-state index < -0.39 is 0 Å². The summed E-state index contributed by atoms with van der Waals surface area (Å²) in [6.07, 6.45) is 1.70. The van der Waals surface area contributed by atoms with Gasteiger partial charge in [-0.05, 0) is 19.2 Å². The molecule has 2 aliphatic heterocycles. The highest BCUT2D eigenvalue weighted by Gasteiger charge is 2.34. The molecule has 1 N–H and O–H groups in total. The zero-order chi connectivity index (χ0) is 12.5. The maximum atomic E-state index is 9.80. The van der Waals surface area contributed by atoms with Crippen LogP contribution in [0.15, 0.2) is 23.3 Å². The minimum atomic E-state index is 0.219. The van der Waals surface area contributed by atoms with Crippen LogP contribution in [0.3, 0.4) is 0 Å². The van der Waals surface area contributed by atoms with Gasteiger partial charge in [0.2, 0.25) is 0 Å². The van der Waals surface area contributed by atoms with Gasteiger partial charge in [-0.3, -0.25) is 14.9 Å². The second-order valence-electron chi connectivity index (χ2n) is 4.43. The number of nitrogens with zero attached hydrogens (tertiary/aromatic N) is 3. The molecule has 1 saturated heterocycles. The summed E-state index contributed by atoms with van der Waals surface area (Å²) >= 11 is 3.67. The van der Waals surface area contributed by atoms with Gasteiger partial charge in [-0.15, -0.1) is 23.5 Å². The minimum Gasteiger partial charge on any atom is -0.506 e. The number of pyridine rings is 1. The highest BCUT2D eigenvalue weighted by Crippen LogP contribution is 2.34. The molecule has 0 radical (unpaired) electrons. The van der Waals surface area contributed by atoms with E-state index in [9.17, 15) is 5.11 Å². The Hall–Kier alpha value is -0.720. The molecule has 3 rings (SSSR count). The van der Waals surface area contributed by atoms with E-state index in [0.29, 0.717) is 17.1 Å². The standard InChI is InChI=1S/C12H15N3OS2/c1-15-5-6-17-12(15)8-7-18-11(14-8)10-9(16)3-2-4-13-10/h2-4,8,12,16H,5-7H2,1H3. The number of aromatic hydroxyl groups is 1. The molecule has 1 aromatic rings. The molecule has 1 fully saturated rings. The zero-order valence-electron chi connectivity index (χ0n) is 10.1. The number of hydrogen-bond donors (Lipinski definition) is 1. The van der Waals surface area contributed by atoms with Crippen molar-refractivity contribution >= 4 is 28.6 Å². The Balaban J connectivity index is 1.82. The lowest BCUT2D eigenvalue weighted by atomic mass is 10.3. The van der Waals surface area contributed by atoms with E-state index in [0.717, 1.165) is 17.3 Å². The molecular formula is C12H15N3OS2. The average molecular weight is 281 g/mol. The first-order chi connectivity index (χ1) is 8.75. The molecule has 18 heavy (non-hydrogen) atoms. The van der Waals surface area contributed by atoms with Crippen molar-refractivity contribution in [2.75, 3.05) is 25.1 Å². The van der Waals surface area contributed by atoms with Gasteiger partial charge in [0.05, 0.1) is 11.4 Å². The van der Waals surface area contributed by atoms with E-state index in [4.69, 9.17) is 4.99 Å². The zero-order valence-corrected chi connectivity index (χ0v) is 11.7. The molecule has 0 bridgehead atoms. The third-order valence-corrected chi connectivity index (χ3v) is 5.67. The summed E-state index contributed by atoms with van der Waals surface area (Å²) in [6, 6.07) is 3.70. The fraction of sp³-hybridized carbons (Fsp3) is 0.500. The van der Waals surface area contributed by atoms with Gasteiger partial charge in [0.15, 0.2) is 0 Å². The molecule has 3 heterocycles. The largest absolute Gasteiger partial charge is 0.506 e. The molecule has 2 atom stereocenters. The summed E-state index contributed by atoms with van der Waals surface area (Å²) in [5.74, 6) is 2.38. The van der Waals surface area contributed by atoms with Crippen molar-refractivity contribution < 1.29 is 5.11 Å². The van der Waals surface area contributed by atoms with E-state index >= 15 is 0 Å². The SMILES string of the molecule is CN1CCSC1C1CSC(c2ncccc2O)=N1. The van der Waals surface area contributed by atoms with Gasteiger partial charge in [-0.1, -0.05) is 0 Å². The summed E-state index contributed by atoms with van der Waals surface area (Å²) in [5.41, 5.74) is 0.621. The van der Waals surface area contributed by atoms with E-state index in [1.165, 1.54) is 5.75 Å². The second kappa shape index (κ2) is 5.11. The van der Waals surface area contributed by atoms with Crippen LogP contribution in [0.25, 0.3) is 0 Å². The van der Waals surface area contributed by atoms with E-state index in [2.05, 4.69) is 16.9 Å². The Bertz CT molecular complexity index is 480. The summed E-state index contributed by atoms with van der Waals surface area (Å²) in [6.45, 7) is 1.14. The third kappa shape index (κ3) is 2.24. The van der Waals surface area contributed by atoms with Crippen LogP contribution >= 0.6 is 23.5 Å². The van der Waals surface area contributed by atoms with Crippen molar-refractivity contribution in [1.29, 1.82) is 0 Å². The lowest BCUT2D eigenvalue weighted by Crippen LogP contribution is -2.33. The maximum Gasteiger partial charge on any atom is 0.144 e. The van der Waals surface area contributed by atoms with E-state index in [1.54, 1.807) is 30.1 Å². The highest BCUT2D eigenvalue weighted by molar-refractivity contribution is 8.14. The van der Waals surface area contributed by atoms with Crippen molar-refractivity contribution in [3.8, 4) is 5.75 Å². The normalized spacial score (nSPS) is 28.6. The Kier molecular flexibility index (Phi) is 3.50. The summed E-state index contributed by atoms with van der Waals surface area (Å²) in [7, 11) is 2.15. The third-order valence-electron chi connectivity index (χ3n) is 3.16. The molecule has 96 valence electrons. The molecular weight excluding hydrogens is 266 g/mol. The summed E-state index contributed by atoms with van der Waals surface area (Å²) in [5, 5.41) is 11.1. The van der Waals surface area contributed by atoms with E-state index in [-0.39, 0.29) is 5.75 Å². The molecule has 0 spiro atoms. The van der Waals surface area contributed by atoms with E-state index in [1.807, 2.05) is 11.8 Å². The maximum absolute atomic E-state index is 9.80. The monoisotopic (exact) mass is 281 g/mol. The van der Waals surface area contributed by atoms with Crippen LogP contribution in [-0.4, -0.2) is 56.5 Å². The topological polar surface area (TPSA) is 48.7 Å². The van der Waals surface area contributed by atoms with Crippen LogP contribution in [0.2, 0.25) is 0 Å². The number of aromatic nitrogens is 1. The smallest absolute Gasteiger partial charge is 0.144 e. The number of aliphatic imine (C=N–C) groups is 1. The fourth-order valence-corrected chi connectivity index (χ4v) is 4.79. The molecule has 2 aliphatic rings. The van der Waals surface area contributed by atoms with Crippen molar-refractivity contribution in [3.63, 3.8) is 0 Å². The molecule has 6 heteroatoms. The van der Waals surface area contributed by atoms with Crippen molar-refractivity contribution in [3.05, 3.63) is 24.0 Å². The van der Waals surface area contributed by atoms with Crippen molar-refractivity contribution in [1.82, 2.24) is 9.88 Å². The van der Waals surface area contributed by atoms with Gasteiger partial charge in [-0.25, -0.2) is 0 Å². The molecule has 0 aliphatic carbocycles. The van der Waals surface area contributed by atoms with Crippen LogP contribution in [0.1, 0.15) is 5.69 Å². The molecule has 0 amide bonds. The minimum absolute atomic E-state index is 0.219. The van der Waals surface area contributed by atoms with Crippen molar-refractivity contribution in [2.24, 2.45) is 4.99 Å². The Morgan fingerprint density at radius 2 is 2.39 bits per heavy atom. The second-order valence-corrected chi connectivity index (χ2v) is 6.66. The Labute approximate surface area is 115 Å². The average Bonchev–Trinajstić information content (AvgIpc) is 2.98. The number of hydrogen-bond acceptors (Lipinski definition) is 6. The number of thioether (sulfide) groups is 2. The Morgan fingerprint density at radius 3 is 3.11 bits per heavy atom. The fourth-order valence-electron chi connectivity index (χ4n) is 2.20. The first-order valence-electron chi connectivity index (χ1n) is 5.92. The van der Waals surface area contributed by atoms with Gasteiger partial charge in [-0.2, -0.15) is 0 Å². The number of likely N-dealkylation sites (N-methyl/N-ethyl adjacent to an activating group) is 1. The van der Waals surface area contributed by atoms with Crippen molar-refractivity contribution in [2.45, 2.75) is 11.4 Å². The molecule has 0 aromatic carbocycles. The van der Waals surface area contributed by atoms with Gasteiger partial charge in [0.1, 0.15) is 16.5 Å². The number of rotatable bonds is 2. The summed E-state index contributed by atoms with van der Waals surface area (Å²) < 4.78 is 0. The molecule has 2 unspecified atom stereocenters. The highest BCUT2D eigenvalue weighted by atomic mass is 32.2. The van der Waals surface area contributed by atoms with Crippen LogP contribution < -0.4 is 0 Å². The lowest BCUT2D eigenvalue weighted by Gasteiger charge is -2.21. The van der Waals surface area contributed by atoms with Crippen LogP contribution in [-0.2, 0) is 0 Å². The van der Waals surface area contributed by atoms with Crippen LogP contribution in [0, 0.1) is 0 Å². The van der Waals surface area contributed by atoms with Gasteiger partial charge in [0.25, 0.3) is 0 Å². The molecule has 0 saturated carbocycles. The molecule has 4 nitrogen and oxygen atoms in total. The first kappa shape index (κ1) is 12.3. The van der Waals surface area contributed by atoms with Gasteiger partial charge >= 0.3 is 0 Å². The predicted octanol–water partition coefficient (Wildman–Crippen LogP) is 1.65. The van der Waals surface area contributed by atoms with Gasteiger partial charge in [0, 0.05) is 24.2 Å². The molecule has 1 aromatic heterocycles. The summed E-state index contributed by atoms with van der Waals surface area (Å²) in [4.78, 5) is 11.3. The quantitative estimate of drug-likeness (QED) is 0.893.